The Morgan fingerprint density at radius 1 is 1.06 bits per heavy atom. The zero-order valence-electron chi connectivity index (χ0n) is 41.1. The number of ketones is 1. The summed E-state index contributed by atoms with van der Waals surface area (Å²) in [5.41, 5.74) is -0.137. The number of esters is 1. The predicted octanol–water partition coefficient (Wildman–Crippen LogP) is 5.30. The second-order valence-corrected chi connectivity index (χ2v) is 22.3. The fourth-order valence-corrected chi connectivity index (χ4v) is 12.9. The molecular formula is C48H74FN5O12S. The first-order chi connectivity index (χ1) is 31.6. The Morgan fingerprint density at radius 3 is 2.37 bits per heavy atom. The minimum Gasteiger partial charge on any atom is -0.458 e. The summed E-state index contributed by atoms with van der Waals surface area (Å²) in [5, 5.41) is 23.5. The Balaban J connectivity index is 1.15. The van der Waals surface area contributed by atoms with Crippen LogP contribution in [-0.2, 0) is 54.3 Å². The number of rotatable bonds is 14. The van der Waals surface area contributed by atoms with Gasteiger partial charge in [-0.25, -0.2) is 22.3 Å². The third-order valence-corrected chi connectivity index (χ3v) is 17.1. The molecule has 0 aliphatic carbocycles. The molecule has 0 radical (unpaired) electrons. The lowest BCUT2D eigenvalue weighted by Crippen LogP contribution is -2.59. The topological polar surface area (TPSA) is 207 Å². The maximum absolute atomic E-state index is 14.8. The van der Waals surface area contributed by atoms with E-state index < -0.39 is 106 Å². The first kappa shape index (κ1) is 52.8. The van der Waals surface area contributed by atoms with Crippen LogP contribution in [0.4, 0.5) is 9.18 Å². The van der Waals surface area contributed by atoms with Gasteiger partial charge in [0, 0.05) is 63.6 Å². The summed E-state index contributed by atoms with van der Waals surface area (Å²) in [6.45, 7) is 14.1. The first-order valence-corrected chi connectivity index (χ1v) is 25.7. The highest BCUT2D eigenvalue weighted by Crippen LogP contribution is 2.41. The number of carbonyl (C=O) groups is 3. The number of carbonyl (C=O) groups excluding carboxylic acids is 3. The molecule has 1 unspecified atom stereocenters. The van der Waals surface area contributed by atoms with E-state index in [0.29, 0.717) is 44.3 Å². The number of Topliss-reactive ketones (excluding diaryl/α,β-unsaturated/α-hetero) is 1. The molecule has 67 heavy (non-hydrogen) atoms. The van der Waals surface area contributed by atoms with Gasteiger partial charge in [-0.05, 0) is 77.5 Å². The number of ether oxygens (including phenoxy) is 6. The van der Waals surface area contributed by atoms with Crippen molar-refractivity contribution in [1.29, 1.82) is 0 Å². The van der Waals surface area contributed by atoms with Crippen LogP contribution in [0, 0.1) is 23.7 Å². The van der Waals surface area contributed by atoms with E-state index in [1.807, 2.05) is 59.0 Å². The Hall–Kier alpha value is -3.59. The van der Waals surface area contributed by atoms with Crippen LogP contribution < -0.4 is 5.32 Å². The molecule has 0 bridgehead atoms. The van der Waals surface area contributed by atoms with Crippen molar-refractivity contribution in [2.45, 2.75) is 166 Å². The number of alkyl carbamates (subject to hydrolysis) is 1. The second-order valence-electron chi connectivity index (χ2n) is 20.1. The summed E-state index contributed by atoms with van der Waals surface area (Å²) < 4.78 is 77.6. The molecule has 4 fully saturated rings. The van der Waals surface area contributed by atoms with Crippen molar-refractivity contribution in [2.24, 2.45) is 23.7 Å². The van der Waals surface area contributed by atoms with Gasteiger partial charge in [0.05, 0.1) is 53.1 Å². The van der Waals surface area contributed by atoms with E-state index in [9.17, 15) is 32.3 Å². The maximum atomic E-state index is 14.8. The highest BCUT2D eigenvalue weighted by molar-refractivity contribution is 7.91. The number of amides is 1. The van der Waals surface area contributed by atoms with Crippen LogP contribution in [0.1, 0.15) is 122 Å². The Bertz CT molecular complexity index is 2130. The molecule has 4 saturated heterocycles. The fourth-order valence-electron chi connectivity index (χ4n) is 11.1. The molecule has 19 heteroatoms. The van der Waals surface area contributed by atoms with Gasteiger partial charge in [-0.2, -0.15) is 0 Å². The van der Waals surface area contributed by atoms with Crippen LogP contribution in [0.15, 0.2) is 30.5 Å². The second kappa shape index (κ2) is 21.6. The smallest absolute Gasteiger partial charge is 0.408 e. The summed E-state index contributed by atoms with van der Waals surface area (Å²) in [4.78, 5) is 43.0. The minimum atomic E-state index is -3.03. The lowest BCUT2D eigenvalue weighted by molar-refractivity contribution is -0.271. The normalized spacial score (nSPS) is 37.3. The number of hydrogen-bond donors (Lipinski definition) is 2. The molecule has 17 nitrogen and oxygen atoms in total. The minimum absolute atomic E-state index is 0.000473. The number of sulfone groups is 1. The lowest BCUT2D eigenvalue weighted by Gasteiger charge is -2.47. The number of nitrogens with one attached hydrogen (secondary N) is 1. The van der Waals surface area contributed by atoms with Gasteiger partial charge in [0.1, 0.15) is 30.7 Å². The number of hydrogen-bond acceptors (Lipinski definition) is 15. The molecule has 4 aliphatic rings. The molecule has 2 N–H and O–H groups in total. The van der Waals surface area contributed by atoms with Crippen molar-refractivity contribution < 1.29 is 60.7 Å². The highest BCUT2D eigenvalue weighted by atomic mass is 32.2. The van der Waals surface area contributed by atoms with Crippen molar-refractivity contribution in [3.8, 4) is 0 Å². The summed E-state index contributed by atoms with van der Waals surface area (Å²) >= 11 is 0. The van der Waals surface area contributed by atoms with Crippen LogP contribution in [0.2, 0.25) is 0 Å². The largest absolute Gasteiger partial charge is 0.458 e. The molecule has 2 aromatic rings. The van der Waals surface area contributed by atoms with Crippen molar-refractivity contribution in [3.63, 3.8) is 0 Å². The number of cyclic esters (lactones) is 1. The van der Waals surface area contributed by atoms with Crippen LogP contribution in [0.5, 0.6) is 0 Å². The van der Waals surface area contributed by atoms with E-state index in [1.165, 1.54) is 11.8 Å². The standard InChI is InChI=1S/C48H74FN5O12S/c1-12-38-48(8)43(50-46(58)66-48)29(4)40(55)27(2)23-47(7,62-11)44(30(5)41(56)31(6)45(57)64-38)65-39-22-36(21-28(3)63-39)53(9)19-17-35-25-54(52-51-35)37(24-49)42(61-10)33-15-13-32(14-16-33)34-18-20-67(59,60)26-34/h13-16,25,27-31,34,36-39,41-44,56H,12,17-24,26H2,1-11H3,(H,50,58)/t27-,28-,29+,30+,31-,34?,36+,37-,38-,39+,41+,42-,43-,44-,47-,48-/m1/s1. The summed E-state index contributed by atoms with van der Waals surface area (Å²) in [5.74, 6) is -3.57. The molecule has 1 aromatic carbocycles. The zero-order valence-corrected chi connectivity index (χ0v) is 41.9. The van der Waals surface area contributed by atoms with Crippen molar-refractivity contribution >= 4 is 27.7 Å². The van der Waals surface area contributed by atoms with Gasteiger partial charge in [0.25, 0.3) is 0 Å². The Kier molecular flexibility index (Phi) is 17.0. The summed E-state index contributed by atoms with van der Waals surface area (Å²) in [7, 11) is 2.05. The molecule has 4 aliphatic heterocycles. The SMILES string of the molecule is CC[C@H]1OC(=O)[C@H](C)[C@@H](O)[C@H](C)[C@@H](O[C@H]2C[C@@H](N(C)CCc3cn([C@H](CF)[C@H](OC)c4ccc(C5CCS(=O)(=O)C5)cc4)nn3)C[C@@H](C)O2)[C@](C)(OC)C[C@@H](C)C(=O)[C@H](C)[C@H]2NC(=O)O[C@@]21C. The summed E-state index contributed by atoms with van der Waals surface area (Å²) in [6.07, 6.45) is -0.831. The van der Waals surface area contributed by atoms with Crippen molar-refractivity contribution in [1.82, 2.24) is 25.2 Å². The van der Waals surface area contributed by atoms with Gasteiger partial charge in [-0.1, -0.05) is 57.2 Å². The van der Waals surface area contributed by atoms with E-state index in [0.717, 1.165) is 11.1 Å². The molecular weight excluding hydrogens is 890 g/mol. The Morgan fingerprint density at radius 2 is 1.76 bits per heavy atom. The lowest BCUT2D eigenvalue weighted by atomic mass is 9.73. The van der Waals surface area contributed by atoms with E-state index in [4.69, 9.17) is 28.4 Å². The van der Waals surface area contributed by atoms with E-state index >= 15 is 0 Å². The van der Waals surface area contributed by atoms with Crippen LogP contribution >= 0.6 is 0 Å². The van der Waals surface area contributed by atoms with Gasteiger partial charge < -0.3 is 43.7 Å². The Labute approximate surface area is 395 Å². The quantitative estimate of drug-likeness (QED) is 0.230. The molecule has 16 atom stereocenters. The monoisotopic (exact) mass is 964 g/mol. The van der Waals surface area contributed by atoms with Gasteiger partial charge in [-0.3, -0.25) is 9.59 Å². The number of likely N-dealkylation sites (N-methyl/N-ethyl adjacent to an activating group) is 1. The van der Waals surface area contributed by atoms with E-state index in [-0.39, 0.29) is 41.8 Å². The average Bonchev–Trinajstić information content (AvgIpc) is 4.02. The van der Waals surface area contributed by atoms with Gasteiger partial charge >= 0.3 is 12.1 Å². The number of aromatic nitrogens is 3. The third kappa shape index (κ3) is 11.6. The van der Waals surface area contributed by atoms with Crippen LogP contribution in [-0.4, -0.2) is 151 Å². The maximum Gasteiger partial charge on any atom is 0.408 e. The van der Waals surface area contributed by atoms with Crippen LogP contribution in [0.25, 0.3) is 0 Å². The fraction of sp³-hybridized carbons (Fsp3) is 0.771. The molecule has 1 aromatic heterocycles. The van der Waals surface area contributed by atoms with Gasteiger partial charge in [-0.15, -0.1) is 5.10 Å². The predicted molar refractivity (Wildman–Crippen MR) is 245 cm³/mol. The van der Waals surface area contributed by atoms with Crippen molar-refractivity contribution in [3.05, 3.63) is 47.3 Å². The molecule has 5 heterocycles. The number of alkyl halides is 1. The summed E-state index contributed by atoms with van der Waals surface area (Å²) in [6, 6.07) is 5.95. The van der Waals surface area contributed by atoms with Gasteiger partial charge in [0.2, 0.25) is 0 Å². The van der Waals surface area contributed by atoms with E-state index in [1.54, 1.807) is 41.0 Å². The molecule has 6 rings (SSSR count). The molecule has 0 saturated carbocycles. The zero-order chi connectivity index (χ0) is 49.2. The molecule has 1 amide bonds. The number of aliphatic hydroxyl groups excluding tert-OH is 1. The first-order valence-electron chi connectivity index (χ1n) is 23.9. The van der Waals surface area contributed by atoms with Crippen LogP contribution in [0.3, 0.4) is 0 Å². The van der Waals surface area contributed by atoms with Crippen molar-refractivity contribution in [2.75, 3.05) is 46.0 Å². The number of benzene rings is 1. The third-order valence-electron chi connectivity index (χ3n) is 15.3. The number of aliphatic hydroxyl groups is 1. The number of halogens is 1. The number of fused-ring (bicyclic) bond motifs is 1. The average molecular weight is 964 g/mol. The number of nitrogens with zero attached hydrogens (tertiary/aromatic N) is 4. The van der Waals surface area contributed by atoms with Gasteiger partial charge in [0.15, 0.2) is 21.7 Å². The van der Waals surface area contributed by atoms with E-state index in [2.05, 4.69) is 20.5 Å². The highest BCUT2D eigenvalue weighted by Gasteiger charge is 2.57. The number of methoxy groups -OCH3 is 2. The molecule has 376 valence electrons. The molecule has 0 spiro atoms.